The second kappa shape index (κ2) is 8.29. The zero-order valence-electron chi connectivity index (χ0n) is 16.6. The minimum absolute atomic E-state index is 0.159. The van der Waals surface area contributed by atoms with E-state index in [1.54, 1.807) is 12.5 Å². The predicted octanol–water partition coefficient (Wildman–Crippen LogP) is 5.22. The Morgan fingerprint density at radius 1 is 0.931 bits per heavy atom. The van der Waals surface area contributed by atoms with E-state index in [4.69, 9.17) is 9.25 Å². The molecule has 5 heteroatoms. The number of para-hydroxylation sites is 1. The number of nitrogens with zero attached hydrogens (tertiary/aromatic N) is 3. The maximum absolute atomic E-state index is 6.06. The maximum atomic E-state index is 6.06. The van der Waals surface area contributed by atoms with Gasteiger partial charge in [-0.15, -0.1) is 0 Å². The van der Waals surface area contributed by atoms with Gasteiger partial charge in [-0.25, -0.2) is 0 Å². The highest BCUT2D eigenvalue weighted by molar-refractivity contribution is 5.46. The Labute approximate surface area is 171 Å². The molecule has 1 aromatic heterocycles. The number of oxazole rings is 1. The Bertz CT molecular complexity index is 905. The van der Waals surface area contributed by atoms with E-state index in [1.165, 1.54) is 43.5 Å². The maximum Gasteiger partial charge on any atom is 0.331 e. The molecular weight excluding hydrogens is 362 g/mol. The molecule has 2 aliphatic heterocycles. The fraction of sp³-hybridized carbons (Fsp3) is 0.375. The molecule has 3 heterocycles. The van der Waals surface area contributed by atoms with Crippen LogP contribution in [0.3, 0.4) is 0 Å². The van der Waals surface area contributed by atoms with E-state index in [1.807, 2.05) is 17.2 Å². The zero-order valence-corrected chi connectivity index (χ0v) is 16.6. The third kappa shape index (κ3) is 4.01. The zero-order chi connectivity index (χ0) is 19.5. The summed E-state index contributed by atoms with van der Waals surface area (Å²) in [6.45, 7) is 3.43. The Morgan fingerprint density at radius 2 is 1.72 bits per heavy atom. The van der Waals surface area contributed by atoms with Crippen LogP contribution < -0.4 is 9.90 Å². The van der Waals surface area contributed by atoms with Crippen molar-refractivity contribution in [2.75, 3.05) is 18.2 Å². The van der Waals surface area contributed by atoms with Crippen molar-refractivity contribution in [1.29, 1.82) is 0 Å². The van der Waals surface area contributed by atoms with Crippen LogP contribution in [0.4, 0.5) is 6.01 Å². The van der Waals surface area contributed by atoms with Gasteiger partial charge in [0.2, 0.25) is 0 Å². The molecule has 150 valence electrons. The van der Waals surface area contributed by atoms with Gasteiger partial charge < -0.3 is 9.25 Å². The summed E-state index contributed by atoms with van der Waals surface area (Å²) in [7, 11) is 0. The predicted molar refractivity (Wildman–Crippen MR) is 112 cm³/mol. The molecule has 0 saturated carbocycles. The molecule has 0 aliphatic carbocycles. The molecule has 5 rings (SSSR count). The van der Waals surface area contributed by atoms with Crippen molar-refractivity contribution < 1.29 is 9.25 Å². The van der Waals surface area contributed by atoms with E-state index in [9.17, 15) is 0 Å². The number of piperidine rings is 1. The average Bonchev–Trinajstić information content (AvgIpc) is 3.42. The first-order valence-corrected chi connectivity index (χ1v) is 10.6. The molecule has 2 aromatic carbocycles. The van der Waals surface area contributed by atoms with Crippen molar-refractivity contribution >= 4 is 6.01 Å². The molecule has 0 spiro atoms. The summed E-state index contributed by atoms with van der Waals surface area (Å²) in [4.78, 5) is 12.9. The topological polar surface area (TPSA) is 41.7 Å². The van der Waals surface area contributed by atoms with E-state index in [2.05, 4.69) is 52.3 Å². The van der Waals surface area contributed by atoms with Gasteiger partial charge in [-0.3, -0.25) is 4.90 Å². The number of aromatic nitrogens is 1. The lowest BCUT2D eigenvalue weighted by atomic mass is 9.89. The van der Waals surface area contributed by atoms with Gasteiger partial charge in [-0.1, -0.05) is 48.5 Å². The second-order valence-electron chi connectivity index (χ2n) is 8.07. The molecular formula is C24H27N3O2. The van der Waals surface area contributed by atoms with Crippen molar-refractivity contribution in [3.05, 3.63) is 78.2 Å². The number of hydroxylamine groups is 1. The van der Waals surface area contributed by atoms with Crippen LogP contribution in [0, 0.1) is 5.92 Å². The summed E-state index contributed by atoms with van der Waals surface area (Å²) >= 11 is 0. The Morgan fingerprint density at radius 3 is 2.52 bits per heavy atom. The van der Waals surface area contributed by atoms with Crippen molar-refractivity contribution in [2.45, 2.75) is 38.3 Å². The highest BCUT2D eigenvalue weighted by atomic mass is 16.7. The van der Waals surface area contributed by atoms with E-state index in [0.29, 0.717) is 6.01 Å². The normalized spacial score (nSPS) is 19.9. The molecule has 29 heavy (non-hydrogen) atoms. The summed E-state index contributed by atoms with van der Waals surface area (Å²) in [5.41, 5.74) is 2.64. The molecule has 0 N–H and O–H groups in total. The van der Waals surface area contributed by atoms with Gasteiger partial charge in [0.05, 0.1) is 6.20 Å². The number of fused-ring (bicyclic) bond motifs is 1. The molecule has 0 radical (unpaired) electrons. The first-order valence-electron chi connectivity index (χ1n) is 10.6. The first kappa shape index (κ1) is 18.3. The molecule has 1 fully saturated rings. The van der Waals surface area contributed by atoms with E-state index < -0.39 is 0 Å². The Balaban J connectivity index is 1.18. The van der Waals surface area contributed by atoms with Crippen molar-refractivity contribution in [2.24, 2.45) is 5.92 Å². The molecule has 1 unspecified atom stereocenters. The van der Waals surface area contributed by atoms with Gasteiger partial charge in [-0.2, -0.15) is 10.0 Å². The van der Waals surface area contributed by atoms with Crippen LogP contribution in [0.2, 0.25) is 0 Å². The molecule has 1 saturated heterocycles. The summed E-state index contributed by atoms with van der Waals surface area (Å²) < 4.78 is 5.52. The number of likely N-dealkylation sites (tertiary alicyclic amines) is 1. The third-order valence-corrected chi connectivity index (χ3v) is 6.17. The molecule has 1 atom stereocenters. The van der Waals surface area contributed by atoms with Gasteiger partial charge in [0, 0.05) is 12.1 Å². The SMILES string of the molecule is c1ccc(CN2CCC(CCC3c4ccccc4ON3c3ncco3)CC2)cc1. The lowest BCUT2D eigenvalue weighted by Crippen LogP contribution is -2.33. The summed E-state index contributed by atoms with van der Waals surface area (Å²) in [6, 6.07) is 19.7. The smallest absolute Gasteiger partial charge is 0.331 e. The number of rotatable bonds is 6. The quantitative estimate of drug-likeness (QED) is 0.578. The fourth-order valence-electron chi connectivity index (χ4n) is 4.57. The van der Waals surface area contributed by atoms with Gasteiger partial charge in [0.1, 0.15) is 12.3 Å². The van der Waals surface area contributed by atoms with Gasteiger partial charge in [-0.05, 0) is 56.3 Å². The minimum Gasteiger partial charge on any atom is -0.430 e. The summed E-state index contributed by atoms with van der Waals surface area (Å²) in [5, 5.41) is 1.84. The second-order valence-corrected chi connectivity index (χ2v) is 8.07. The van der Waals surface area contributed by atoms with Crippen LogP contribution >= 0.6 is 0 Å². The van der Waals surface area contributed by atoms with Crippen LogP contribution in [0.1, 0.15) is 42.9 Å². The van der Waals surface area contributed by atoms with Crippen molar-refractivity contribution in [3.8, 4) is 5.75 Å². The number of anilines is 1. The van der Waals surface area contributed by atoms with Crippen LogP contribution in [0.25, 0.3) is 0 Å². The van der Waals surface area contributed by atoms with Gasteiger partial charge in [0.25, 0.3) is 0 Å². The molecule has 3 aromatic rings. The summed E-state index contributed by atoms with van der Waals surface area (Å²) in [5.74, 6) is 1.68. The number of hydrogen-bond acceptors (Lipinski definition) is 5. The Kier molecular flexibility index (Phi) is 5.22. The Hall–Kier alpha value is -2.79. The first-order chi connectivity index (χ1) is 14.4. The molecule has 0 bridgehead atoms. The van der Waals surface area contributed by atoms with Crippen LogP contribution in [-0.4, -0.2) is 23.0 Å². The molecule has 5 nitrogen and oxygen atoms in total. The number of benzene rings is 2. The van der Waals surface area contributed by atoms with Crippen LogP contribution in [-0.2, 0) is 6.54 Å². The van der Waals surface area contributed by atoms with Crippen molar-refractivity contribution in [3.63, 3.8) is 0 Å². The number of hydrogen-bond donors (Lipinski definition) is 0. The fourth-order valence-corrected chi connectivity index (χ4v) is 4.57. The third-order valence-electron chi connectivity index (χ3n) is 6.17. The van der Waals surface area contributed by atoms with Gasteiger partial charge >= 0.3 is 6.01 Å². The average molecular weight is 389 g/mol. The van der Waals surface area contributed by atoms with E-state index in [-0.39, 0.29) is 6.04 Å². The lowest BCUT2D eigenvalue weighted by molar-refractivity contribution is 0.165. The van der Waals surface area contributed by atoms with Crippen LogP contribution in [0.5, 0.6) is 5.75 Å². The highest BCUT2D eigenvalue weighted by Gasteiger charge is 2.35. The standard InChI is InChI=1S/C24H27N3O2/c1-2-6-20(7-3-1)18-26-15-12-19(13-16-26)10-11-22-21-8-4-5-9-23(21)29-27(22)24-25-14-17-28-24/h1-9,14,17,19,22H,10-13,15-16,18H2. The molecule has 2 aliphatic rings. The van der Waals surface area contributed by atoms with E-state index >= 15 is 0 Å². The van der Waals surface area contributed by atoms with E-state index in [0.717, 1.165) is 24.6 Å². The van der Waals surface area contributed by atoms with Gasteiger partial charge in [0.15, 0.2) is 5.75 Å². The summed E-state index contributed by atoms with van der Waals surface area (Å²) in [6.07, 6.45) is 8.03. The van der Waals surface area contributed by atoms with Crippen LogP contribution in [0.15, 0.2) is 71.5 Å². The highest BCUT2D eigenvalue weighted by Crippen LogP contribution is 2.43. The minimum atomic E-state index is 0.159. The van der Waals surface area contributed by atoms with Crippen molar-refractivity contribution in [1.82, 2.24) is 9.88 Å². The monoisotopic (exact) mass is 389 g/mol. The largest absolute Gasteiger partial charge is 0.430 e. The lowest BCUT2D eigenvalue weighted by Gasteiger charge is -2.32. The molecule has 0 amide bonds.